The molecule has 4 rings (SSSR count). The van der Waals surface area contributed by atoms with Crippen molar-refractivity contribution >= 4 is 40.3 Å². The van der Waals surface area contributed by atoms with Crippen molar-refractivity contribution in [2.24, 2.45) is 11.8 Å². The number of aromatic nitrogens is 2. The molecule has 0 spiro atoms. The van der Waals surface area contributed by atoms with Gasteiger partial charge < -0.3 is 4.74 Å². The summed E-state index contributed by atoms with van der Waals surface area (Å²) in [5, 5.41) is 4.92. The first-order chi connectivity index (χ1) is 18.4. The predicted molar refractivity (Wildman–Crippen MR) is 163 cm³/mol. The third-order valence-electron chi connectivity index (χ3n) is 6.62. The van der Waals surface area contributed by atoms with Crippen molar-refractivity contribution in [1.82, 2.24) is 14.7 Å². The van der Waals surface area contributed by atoms with E-state index in [-0.39, 0.29) is 5.91 Å². The van der Waals surface area contributed by atoms with Crippen LogP contribution in [0, 0.1) is 11.8 Å². The number of carbonyl (C=O) groups is 1. The van der Waals surface area contributed by atoms with Crippen molar-refractivity contribution in [3.05, 3.63) is 71.3 Å². The van der Waals surface area contributed by atoms with E-state index in [9.17, 15) is 4.79 Å². The van der Waals surface area contributed by atoms with Gasteiger partial charge in [-0.2, -0.15) is 5.10 Å². The van der Waals surface area contributed by atoms with Gasteiger partial charge in [0.15, 0.2) is 0 Å². The molecule has 1 aliphatic rings. The molecule has 0 aliphatic carbocycles. The number of rotatable bonds is 12. The van der Waals surface area contributed by atoms with Crippen molar-refractivity contribution in [3.63, 3.8) is 0 Å². The number of ether oxygens (including phenoxy) is 1. The van der Waals surface area contributed by atoms with Crippen LogP contribution in [0.1, 0.15) is 58.9 Å². The summed E-state index contributed by atoms with van der Waals surface area (Å²) in [5.41, 5.74) is 3.61. The molecule has 1 aliphatic heterocycles. The van der Waals surface area contributed by atoms with Crippen LogP contribution in [0.15, 0.2) is 65.7 Å². The van der Waals surface area contributed by atoms with E-state index in [1.165, 1.54) is 18.2 Å². The van der Waals surface area contributed by atoms with Gasteiger partial charge in [0.25, 0.3) is 5.91 Å². The molecular formula is C31H37N3O2S2. The minimum absolute atomic E-state index is 0.00853. The van der Waals surface area contributed by atoms with Gasteiger partial charge in [-0.25, -0.2) is 4.68 Å². The van der Waals surface area contributed by atoms with E-state index in [0.717, 1.165) is 47.5 Å². The molecule has 1 amide bonds. The number of hydrogen-bond acceptors (Lipinski definition) is 5. The predicted octanol–water partition coefficient (Wildman–Crippen LogP) is 7.99. The Morgan fingerprint density at radius 2 is 1.82 bits per heavy atom. The van der Waals surface area contributed by atoms with Crippen molar-refractivity contribution in [2.75, 3.05) is 13.2 Å². The van der Waals surface area contributed by atoms with Crippen LogP contribution in [-0.2, 0) is 4.79 Å². The molecule has 7 heteroatoms. The molecule has 2 heterocycles. The Hall–Kier alpha value is -2.90. The number of benzene rings is 2. The van der Waals surface area contributed by atoms with Crippen LogP contribution in [0.2, 0.25) is 0 Å². The fourth-order valence-corrected chi connectivity index (χ4v) is 5.64. The number of unbranched alkanes of at least 4 members (excludes halogenated alkanes) is 1. The quantitative estimate of drug-likeness (QED) is 0.170. The summed E-state index contributed by atoms with van der Waals surface area (Å²) in [7, 11) is 0. The van der Waals surface area contributed by atoms with E-state index >= 15 is 0 Å². The molecule has 0 radical (unpaired) electrons. The summed E-state index contributed by atoms with van der Waals surface area (Å²) in [6.07, 6.45) is 8.42. The number of nitrogens with zero attached hydrogens (tertiary/aromatic N) is 3. The molecule has 1 atom stereocenters. The highest BCUT2D eigenvalue weighted by molar-refractivity contribution is 8.26. The highest BCUT2D eigenvalue weighted by atomic mass is 32.2. The lowest BCUT2D eigenvalue weighted by Crippen LogP contribution is -2.33. The van der Waals surface area contributed by atoms with E-state index in [4.69, 9.17) is 22.1 Å². The third-order valence-corrected chi connectivity index (χ3v) is 8.00. The van der Waals surface area contributed by atoms with E-state index in [2.05, 4.69) is 27.7 Å². The van der Waals surface area contributed by atoms with Gasteiger partial charge in [-0.1, -0.05) is 89.1 Å². The van der Waals surface area contributed by atoms with Crippen LogP contribution < -0.4 is 4.74 Å². The SMILES string of the molecule is CCCCC(CC)CN1C(=O)/C(=C\c2cn(-c3ccccc3)nc2-c2ccc(OCC(C)C)cc2)SC1=S. The zero-order chi connectivity index (χ0) is 27.1. The molecule has 1 fully saturated rings. The maximum Gasteiger partial charge on any atom is 0.266 e. The molecule has 0 N–H and O–H groups in total. The van der Waals surface area contributed by atoms with E-state index in [0.29, 0.717) is 34.2 Å². The van der Waals surface area contributed by atoms with Gasteiger partial charge >= 0.3 is 0 Å². The highest BCUT2D eigenvalue weighted by Gasteiger charge is 2.33. The number of thiocarbonyl (C=S) groups is 1. The van der Waals surface area contributed by atoms with Crippen molar-refractivity contribution < 1.29 is 9.53 Å². The Balaban J connectivity index is 1.64. The Morgan fingerprint density at radius 3 is 2.47 bits per heavy atom. The molecule has 1 unspecified atom stereocenters. The minimum Gasteiger partial charge on any atom is -0.493 e. The highest BCUT2D eigenvalue weighted by Crippen LogP contribution is 2.36. The second-order valence-electron chi connectivity index (χ2n) is 10.2. The number of carbonyl (C=O) groups excluding carboxylic acids is 1. The van der Waals surface area contributed by atoms with E-state index in [1.54, 1.807) is 4.90 Å². The van der Waals surface area contributed by atoms with Crippen molar-refractivity contribution in [2.45, 2.75) is 53.4 Å². The zero-order valence-corrected chi connectivity index (χ0v) is 24.4. The Bertz CT molecular complexity index is 1270. The van der Waals surface area contributed by atoms with Gasteiger partial charge in [-0.05, 0) is 60.7 Å². The van der Waals surface area contributed by atoms with Gasteiger partial charge in [0.2, 0.25) is 0 Å². The average molecular weight is 548 g/mol. The molecule has 2 aromatic carbocycles. The average Bonchev–Trinajstić information content (AvgIpc) is 3.46. The standard InChI is InChI=1S/C31H37N3O2S2/c1-5-7-11-23(6-2)19-33-30(35)28(38-31(33)37)18-25-20-34(26-12-9-8-10-13-26)32-29(25)24-14-16-27(17-15-24)36-21-22(3)4/h8-10,12-18,20,22-23H,5-7,11,19,21H2,1-4H3/b28-18+. The molecule has 200 valence electrons. The zero-order valence-electron chi connectivity index (χ0n) is 22.7. The summed E-state index contributed by atoms with van der Waals surface area (Å²) in [6, 6.07) is 18.0. The first-order valence-corrected chi connectivity index (χ1v) is 14.8. The maximum absolute atomic E-state index is 13.4. The summed E-state index contributed by atoms with van der Waals surface area (Å²) in [6.45, 7) is 10.0. The summed E-state index contributed by atoms with van der Waals surface area (Å²) < 4.78 is 8.37. The molecule has 1 aromatic heterocycles. The molecule has 0 saturated carbocycles. The third kappa shape index (κ3) is 6.94. The van der Waals surface area contributed by atoms with Crippen LogP contribution in [0.5, 0.6) is 5.75 Å². The number of para-hydroxylation sites is 1. The van der Waals surface area contributed by atoms with Gasteiger partial charge in [0.1, 0.15) is 10.1 Å². The largest absolute Gasteiger partial charge is 0.493 e. The second kappa shape index (κ2) is 13.3. The molecule has 3 aromatic rings. The molecule has 5 nitrogen and oxygen atoms in total. The van der Waals surface area contributed by atoms with E-state index < -0.39 is 0 Å². The molecule has 38 heavy (non-hydrogen) atoms. The van der Waals surface area contributed by atoms with Crippen LogP contribution in [0.3, 0.4) is 0 Å². The normalized spacial score (nSPS) is 15.6. The lowest BCUT2D eigenvalue weighted by Gasteiger charge is -2.21. The lowest BCUT2D eigenvalue weighted by atomic mass is 9.99. The molecule has 0 bridgehead atoms. The van der Waals surface area contributed by atoms with Gasteiger partial charge in [-0.3, -0.25) is 9.69 Å². The molecular weight excluding hydrogens is 510 g/mol. The fraction of sp³-hybridized carbons (Fsp3) is 0.387. The molecule has 1 saturated heterocycles. The van der Waals surface area contributed by atoms with Crippen molar-refractivity contribution in [3.8, 4) is 22.7 Å². The first kappa shape index (κ1) is 28.1. The van der Waals surface area contributed by atoms with Gasteiger partial charge in [0, 0.05) is 23.9 Å². The monoisotopic (exact) mass is 547 g/mol. The fourth-order valence-electron chi connectivity index (χ4n) is 4.38. The van der Waals surface area contributed by atoms with Gasteiger partial charge in [-0.15, -0.1) is 0 Å². The smallest absolute Gasteiger partial charge is 0.266 e. The summed E-state index contributed by atoms with van der Waals surface area (Å²) in [5.74, 6) is 1.75. The first-order valence-electron chi connectivity index (χ1n) is 13.5. The summed E-state index contributed by atoms with van der Waals surface area (Å²) in [4.78, 5) is 15.9. The topological polar surface area (TPSA) is 47.4 Å². The lowest BCUT2D eigenvalue weighted by molar-refractivity contribution is -0.122. The van der Waals surface area contributed by atoms with Crippen LogP contribution >= 0.6 is 24.0 Å². The Labute approximate surface area is 236 Å². The number of amides is 1. The Kier molecular flexibility index (Phi) is 9.80. The maximum atomic E-state index is 13.4. The Morgan fingerprint density at radius 1 is 1.08 bits per heavy atom. The van der Waals surface area contributed by atoms with E-state index in [1.807, 2.05) is 71.6 Å². The second-order valence-corrected chi connectivity index (χ2v) is 11.8. The number of thioether (sulfide) groups is 1. The minimum atomic E-state index is -0.00853. The summed E-state index contributed by atoms with van der Waals surface area (Å²) >= 11 is 7.03. The number of hydrogen-bond donors (Lipinski definition) is 0. The van der Waals surface area contributed by atoms with Crippen LogP contribution in [0.4, 0.5) is 0 Å². The van der Waals surface area contributed by atoms with Crippen molar-refractivity contribution in [1.29, 1.82) is 0 Å². The van der Waals surface area contributed by atoms with Crippen LogP contribution in [-0.4, -0.2) is 38.1 Å². The van der Waals surface area contributed by atoms with Gasteiger partial charge in [0.05, 0.1) is 22.9 Å². The van der Waals surface area contributed by atoms with Crippen LogP contribution in [0.25, 0.3) is 23.0 Å².